The molecule has 1 N–H and O–H groups in total. The number of ether oxygens (including phenoxy) is 3. The van der Waals surface area contributed by atoms with Crippen molar-refractivity contribution >= 4 is 11.9 Å². The van der Waals surface area contributed by atoms with Crippen LogP contribution in [0.5, 0.6) is 0 Å². The smallest absolute Gasteiger partial charge is 0.303 e. The van der Waals surface area contributed by atoms with Gasteiger partial charge in [0.15, 0.2) is 0 Å². The standard InChI is InChI=1S/C20H38O6/c1-4-5-6-7-8-9-10-11-13-19(26-17(2)21)18(25-16-24-3)14-12-15-20(22)23/h18-19H,4-16H2,1-3H3,(H,22,23)/t18-,19+/m1/s1. The Hall–Kier alpha value is -1.14. The van der Waals surface area contributed by atoms with E-state index >= 15 is 0 Å². The lowest BCUT2D eigenvalue weighted by atomic mass is 10.00. The van der Waals surface area contributed by atoms with Crippen LogP contribution in [0.3, 0.4) is 0 Å². The first kappa shape index (κ1) is 24.9. The molecule has 0 aliphatic rings. The van der Waals surface area contributed by atoms with Crippen molar-refractivity contribution < 1.29 is 28.9 Å². The van der Waals surface area contributed by atoms with Crippen LogP contribution in [0, 0.1) is 0 Å². The third-order valence-electron chi connectivity index (χ3n) is 4.35. The first-order valence-corrected chi connectivity index (χ1v) is 10.0. The quantitative estimate of drug-likeness (QED) is 0.213. The third kappa shape index (κ3) is 15.1. The van der Waals surface area contributed by atoms with E-state index in [1.165, 1.54) is 52.6 Å². The normalized spacial score (nSPS) is 13.3. The summed E-state index contributed by atoms with van der Waals surface area (Å²) in [6.45, 7) is 3.71. The van der Waals surface area contributed by atoms with E-state index in [4.69, 9.17) is 19.3 Å². The topological polar surface area (TPSA) is 82.1 Å². The fourth-order valence-corrected chi connectivity index (χ4v) is 3.00. The number of esters is 1. The molecule has 0 radical (unpaired) electrons. The second-order valence-corrected chi connectivity index (χ2v) is 6.81. The summed E-state index contributed by atoms with van der Waals surface area (Å²) in [4.78, 5) is 22.2. The second kappa shape index (κ2) is 17.3. The largest absolute Gasteiger partial charge is 0.481 e. The zero-order valence-electron chi connectivity index (χ0n) is 16.8. The summed E-state index contributed by atoms with van der Waals surface area (Å²) in [6.07, 6.45) is 10.8. The molecular weight excluding hydrogens is 336 g/mol. The van der Waals surface area contributed by atoms with Crippen LogP contribution in [0.15, 0.2) is 0 Å². The molecule has 154 valence electrons. The SMILES string of the molecule is CCCCCCCCCC[C@H](OC(C)=O)[C@@H](CCCC(=O)O)OCOC. The number of aliphatic carboxylic acids is 1. The lowest BCUT2D eigenvalue weighted by Gasteiger charge is -2.26. The van der Waals surface area contributed by atoms with Gasteiger partial charge >= 0.3 is 11.9 Å². The van der Waals surface area contributed by atoms with Crippen LogP contribution in [0.1, 0.15) is 90.9 Å². The van der Waals surface area contributed by atoms with Crippen LogP contribution in [-0.2, 0) is 23.8 Å². The van der Waals surface area contributed by atoms with E-state index in [-0.39, 0.29) is 31.4 Å². The van der Waals surface area contributed by atoms with Crippen molar-refractivity contribution in [2.75, 3.05) is 13.9 Å². The Bertz CT molecular complexity index is 358. The summed E-state index contributed by atoms with van der Waals surface area (Å²) in [5.74, 6) is -1.17. The van der Waals surface area contributed by atoms with Crippen molar-refractivity contribution in [3.8, 4) is 0 Å². The van der Waals surface area contributed by atoms with E-state index in [1.807, 2.05) is 0 Å². The number of carboxylic acids is 1. The van der Waals surface area contributed by atoms with Crippen LogP contribution in [-0.4, -0.2) is 43.2 Å². The van der Waals surface area contributed by atoms with Crippen LogP contribution < -0.4 is 0 Å². The molecule has 0 rings (SSSR count). The Labute approximate surface area is 158 Å². The molecule has 26 heavy (non-hydrogen) atoms. The van der Waals surface area contributed by atoms with Crippen molar-refractivity contribution in [3.63, 3.8) is 0 Å². The van der Waals surface area contributed by atoms with Crippen molar-refractivity contribution in [1.82, 2.24) is 0 Å². The van der Waals surface area contributed by atoms with Gasteiger partial charge in [0, 0.05) is 20.5 Å². The third-order valence-corrected chi connectivity index (χ3v) is 4.35. The van der Waals surface area contributed by atoms with Gasteiger partial charge < -0.3 is 19.3 Å². The average molecular weight is 375 g/mol. The van der Waals surface area contributed by atoms with Gasteiger partial charge in [0.1, 0.15) is 12.9 Å². The first-order chi connectivity index (χ1) is 12.5. The Balaban J connectivity index is 4.33. The number of methoxy groups -OCH3 is 1. The molecule has 6 heteroatoms. The molecule has 0 aromatic heterocycles. The highest BCUT2D eigenvalue weighted by Gasteiger charge is 2.25. The van der Waals surface area contributed by atoms with Gasteiger partial charge in [0.25, 0.3) is 0 Å². The van der Waals surface area contributed by atoms with Gasteiger partial charge in [0.2, 0.25) is 0 Å². The molecule has 0 aromatic rings. The first-order valence-electron chi connectivity index (χ1n) is 10.0. The molecule has 2 atom stereocenters. The number of carboxylic acid groups (broad SMARTS) is 1. The Morgan fingerprint density at radius 3 is 2.00 bits per heavy atom. The minimum atomic E-state index is -0.831. The molecule has 6 nitrogen and oxygen atoms in total. The van der Waals surface area contributed by atoms with Gasteiger partial charge in [-0.05, 0) is 25.7 Å². The Kier molecular flexibility index (Phi) is 16.5. The van der Waals surface area contributed by atoms with Crippen LogP contribution in [0.2, 0.25) is 0 Å². The summed E-state index contributed by atoms with van der Waals surface area (Å²) in [5, 5.41) is 8.81. The molecule has 0 saturated heterocycles. The van der Waals surface area contributed by atoms with Crippen molar-refractivity contribution in [3.05, 3.63) is 0 Å². The number of hydrogen-bond acceptors (Lipinski definition) is 5. The molecule has 0 heterocycles. The molecule has 0 aromatic carbocycles. The van der Waals surface area contributed by atoms with E-state index in [1.54, 1.807) is 0 Å². The molecule has 0 fully saturated rings. The number of hydrogen-bond donors (Lipinski definition) is 1. The van der Waals surface area contributed by atoms with Gasteiger partial charge in [-0.15, -0.1) is 0 Å². The van der Waals surface area contributed by atoms with Crippen molar-refractivity contribution in [1.29, 1.82) is 0 Å². The molecule has 0 spiro atoms. The number of rotatable bonds is 18. The molecule has 0 amide bonds. The molecule has 0 aliphatic heterocycles. The lowest BCUT2D eigenvalue weighted by molar-refractivity contribution is -0.165. The second-order valence-electron chi connectivity index (χ2n) is 6.81. The zero-order valence-corrected chi connectivity index (χ0v) is 16.8. The van der Waals surface area contributed by atoms with Gasteiger partial charge in [-0.3, -0.25) is 9.59 Å². The minimum absolute atomic E-state index is 0.0807. The van der Waals surface area contributed by atoms with Gasteiger partial charge in [0.05, 0.1) is 6.10 Å². The van der Waals surface area contributed by atoms with Crippen LogP contribution >= 0.6 is 0 Å². The Morgan fingerprint density at radius 2 is 1.46 bits per heavy atom. The van der Waals surface area contributed by atoms with E-state index in [9.17, 15) is 9.59 Å². The minimum Gasteiger partial charge on any atom is -0.481 e. The molecular formula is C20H38O6. The van der Waals surface area contributed by atoms with Gasteiger partial charge in [-0.25, -0.2) is 0 Å². The zero-order chi connectivity index (χ0) is 19.6. The lowest BCUT2D eigenvalue weighted by Crippen LogP contribution is -2.34. The highest BCUT2D eigenvalue weighted by atomic mass is 16.7. The Morgan fingerprint density at radius 1 is 0.885 bits per heavy atom. The predicted octanol–water partition coefficient (Wildman–Crippen LogP) is 4.69. The summed E-state index contributed by atoms with van der Waals surface area (Å²) < 4.78 is 16.1. The van der Waals surface area contributed by atoms with Crippen LogP contribution in [0.4, 0.5) is 0 Å². The highest BCUT2D eigenvalue weighted by molar-refractivity contribution is 5.66. The summed E-state index contributed by atoms with van der Waals surface area (Å²) in [6, 6.07) is 0. The van der Waals surface area contributed by atoms with Gasteiger partial charge in [-0.2, -0.15) is 0 Å². The van der Waals surface area contributed by atoms with Crippen molar-refractivity contribution in [2.45, 2.75) is 103 Å². The van der Waals surface area contributed by atoms with E-state index in [2.05, 4.69) is 6.92 Å². The van der Waals surface area contributed by atoms with Crippen LogP contribution in [0.25, 0.3) is 0 Å². The highest BCUT2D eigenvalue weighted by Crippen LogP contribution is 2.19. The predicted molar refractivity (Wildman–Crippen MR) is 101 cm³/mol. The van der Waals surface area contributed by atoms with E-state index in [0.29, 0.717) is 12.8 Å². The molecule has 0 aliphatic carbocycles. The summed E-state index contributed by atoms with van der Waals surface area (Å²) in [7, 11) is 1.54. The monoisotopic (exact) mass is 374 g/mol. The van der Waals surface area contributed by atoms with Crippen molar-refractivity contribution in [2.24, 2.45) is 0 Å². The van der Waals surface area contributed by atoms with E-state index in [0.717, 1.165) is 19.3 Å². The maximum absolute atomic E-state index is 11.4. The molecule has 0 saturated carbocycles. The fraction of sp³-hybridized carbons (Fsp3) is 0.900. The van der Waals surface area contributed by atoms with E-state index < -0.39 is 5.97 Å². The average Bonchev–Trinajstić information content (AvgIpc) is 2.58. The molecule has 0 unspecified atom stereocenters. The number of carbonyl (C=O) groups is 2. The molecule has 0 bridgehead atoms. The summed E-state index contributed by atoms with van der Waals surface area (Å²) >= 11 is 0. The maximum Gasteiger partial charge on any atom is 0.303 e. The fourth-order valence-electron chi connectivity index (χ4n) is 3.00. The maximum atomic E-state index is 11.4. The number of carbonyl (C=O) groups excluding carboxylic acids is 1. The summed E-state index contributed by atoms with van der Waals surface area (Å²) in [5.41, 5.74) is 0. The van der Waals surface area contributed by atoms with Gasteiger partial charge in [-0.1, -0.05) is 51.9 Å². The number of unbranched alkanes of at least 4 members (excludes halogenated alkanes) is 7.